The summed E-state index contributed by atoms with van der Waals surface area (Å²) in [6, 6.07) is 0. The van der Waals surface area contributed by atoms with Crippen molar-refractivity contribution < 1.29 is 28.6 Å². The molecule has 408 valence electrons. The molecule has 0 spiro atoms. The zero-order valence-corrected chi connectivity index (χ0v) is 46.7. The summed E-state index contributed by atoms with van der Waals surface area (Å²) in [4.78, 5) is 38.2. The van der Waals surface area contributed by atoms with Gasteiger partial charge in [-0.25, -0.2) is 0 Å². The third-order valence-corrected chi connectivity index (χ3v) is 12.9. The molecule has 6 heteroatoms. The van der Waals surface area contributed by atoms with Gasteiger partial charge in [-0.1, -0.05) is 266 Å². The van der Waals surface area contributed by atoms with Gasteiger partial charge in [-0.3, -0.25) is 14.4 Å². The molecule has 0 unspecified atom stereocenters. The largest absolute Gasteiger partial charge is 0.462 e. The van der Waals surface area contributed by atoms with E-state index in [9.17, 15) is 14.4 Å². The lowest BCUT2D eigenvalue weighted by molar-refractivity contribution is -0.167. The highest BCUT2D eigenvalue weighted by Crippen LogP contribution is 2.16. The molecule has 0 aliphatic rings. The number of rotatable bonds is 54. The van der Waals surface area contributed by atoms with Gasteiger partial charge in [0.15, 0.2) is 6.10 Å². The number of carbonyl (C=O) groups excluding carboxylic acids is 3. The standard InChI is InChI=1S/C65H112O6/c1-4-7-10-13-16-19-22-25-28-31-32-35-37-40-43-46-49-52-55-58-64(67)70-61-62(71-65(68)59-56-53-50-47-44-41-38-34-30-27-24-21-18-15-12-9-6-3)60-69-63(66)57-54-51-48-45-42-39-36-33-29-26-23-20-17-14-11-8-5-2/h8,11,17-18,20-21,26-27,29-30,36,39,45,48,62H,4-7,9-10,12-16,19,22-25,28,31-35,37-38,40-44,46-47,49-61H2,1-3H3/b11-8-,20-17-,21-18-,29-26-,30-27-,39-36-,48-45-/t62-/m1/s1. The molecular weight excluding hydrogens is 877 g/mol. The minimum absolute atomic E-state index is 0.0953. The maximum atomic E-state index is 12.9. The molecule has 1 atom stereocenters. The van der Waals surface area contributed by atoms with Crippen molar-refractivity contribution in [3.05, 3.63) is 85.1 Å². The monoisotopic (exact) mass is 989 g/mol. The first-order chi connectivity index (χ1) is 35.0. The van der Waals surface area contributed by atoms with Crippen molar-refractivity contribution in [3.63, 3.8) is 0 Å². The van der Waals surface area contributed by atoms with Crippen LogP contribution in [0.25, 0.3) is 0 Å². The van der Waals surface area contributed by atoms with Crippen LogP contribution in [-0.2, 0) is 28.6 Å². The Kier molecular flexibility index (Phi) is 56.3. The summed E-state index contributed by atoms with van der Waals surface area (Å²) >= 11 is 0. The van der Waals surface area contributed by atoms with E-state index >= 15 is 0 Å². The molecule has 0 saturated heterocycles. The van der Waals surface area contributed by atoms with Crippen LogP contribution in [0.4, 0.5) is 0 Å². The van der Waals surface area contributed by atoms with Crippen molar-refractivity contribution in [2.45, 2.75) is 297 Å². The fourth-order valence-electron chi connectivity index (χ4n) is 8.39. The Morgan fingerprint density at radius 2 is 0.563 bits per heavy atom. The Morgan fingerprint density at radius 1 is 0.296 bits per heavy atom. The van der Waals surface area contributed by atoms with Gasteiger partial charge in [0.05, 0.1) is 0 Å². The predicted octanol–water partition coefficient (Wildman–Crippen LogP) is 20.3. The summed E-state index contributed by atoms with van der Waals surface area (Å²) in [5, 5.41) is 0. The highest BCUT2D eigenvalue weighted by atomic mass is 16.6. The van der Waals surface area contributed by atoms with E-state index < -0.39 is 6.10 Å². The number of unbranched alkanes of at least 4 members (excludes halogenated alkanes) is 29. The Hall–Kier alpha value is -3.41. The first-order valence-electron chi connectivity index (χ1n) is 30.1. The smallest absolute Gasteiger partial charge is 0.306 e. The van der Waals surface area contributed by atoms with Crippen LogP contribution >= 0.6 is 0 Å². The number of allylic oxidation sites excluding steroid dienone is 14. The molecule has 0 fully saturated rings. The van der Waals surface area contributed by atoms with Crippen LogP contribution in [0.2, 0.25) is 0 Å². The minimum atomic E-state index is -0.803. The van der Waals surface area contributed by atoms with Crippen molar-refractivity contribution in [1.82, 2.24) is 0 Å². The molecule has 0 radical (unpaired) electrons. The van der Waals surface area contributed by atoms with E-state index in [0.717, 1.165) is 89.9 Å². The van der Waals surface area contributed by atoms with Crippen LogP contribution in [0.15, 0.2) is 85.1 Å². The fraction of sp³-hybridized carbons (Fsp3) is 0.738. The van der Waals surface area contributed by atoms with Crippen molar-refractivity contribution in [2.75, 3.05) is 13.2 Å². The van der Waals surface area contributed by atoms with E-state index in [2.05, 4.69) is 106 Å². The molecule has 0 aliphatic carbocycles. The number of ether oxygens (including phenoxy) is 3. The molecule has 0 N–H and O–H groups in total. The van der Waals surface area contributed by atoms with Crippen LogP contribution in [-0.4, -0.2) is 37.2 Å². The lowest BCUT2D eigenvalue weighted by Crippen LogP contribution is -2.30. The third kappa shape index (κ3) is 57.4. The van der Waals surface area contributed by atoms with E-state index in [0.29, 0.717) is 19.3 Å². The first-order valence-corrected chi connectivity index (χ1v) is 30.1. The molecular formula is C65H112O6. The molecule has 71 heavy (non-hydrogen) atoms. The molecule has 0 rings (SSSR count). The lowest BCUT2D eigenvalue weighted by atomic mass is 10.0. The maximum absolute atomic E-state index is 12.9. The van der Waals surface area contributed by atoms with Crippen LogP contribution < -0.4 is 0 Å². The SMILES string of the molecule is CC/C=C\C/C=C\C/C=C\C/C=C\C/C=C\CCCC(=O)OC[C@H](COC(=O)CCCCCCCCCCCCCCCCCCCCC)OC(=O)CCCCCCCCC/C=C\C/C=C\CCCCC. The van der Waals surface area contributed by atoms with Gasteiger partial charge in [0.25, 0.3) is 0 Å². The van der Waals surface area contributed by atoms with Gasteiger partial charge >= 0.3 is 17.9 Å². The minimum Gasteiger partial charge on any atom is -0.462 e. The van der Waals surface area contributed by atoms with E-state index in [4.69, 9.17) is 14.2 Å². The van der Waals surface area contributed by atoms with Crippen LogP contribution in [0.5, 0.6) is 0 Å². The Morgan fingerprint density at radius 3 is 0.944 bits per heavy atom. The highest BCUT2D eigenvalue weighted by Gasteiger charge is 2.19. The average molecular weight is 990 g/mol. The van der Waals surface area contributed by atoms with Crippen LogP contribution in [0, 0.1) is 0 Å². The second-order valence-corrected chi connectivity index (χ2v) is 19.9. The number of hydrogen-bond acceptors (Lipinski definition) is 6. The molecule has 0 bridgehead atoms. The predicted molar refractivity (Wildman–Crippen MR) is 307 cm³/mol. The maximum Gasteiger partial charge on any atom is 0.306 e. The van der Waals surface area contributed by atoms with Gasteiger partial charge in [0.2, 0.25) is 0 Å². The second-order valence-electron chi connectivity index (χ2n) is 19.9. The third-order valence-electron chi connectivity index (χ3n) is 12.9. The van der Waals surface area contributed by atoms with E-state index in [1.165, 1.54) is 154 Å². The summed E-state index contributed by atoms with van der Waals surface area (Å²) in [5.74, 6) is -0.954. The molecule has 0 aromatic heterocycles. The zero-order chi connectivity index (χ0) is 51.4. The lowest BCUT2D eigenvalue weighted by Gasteiger charge is -2.18. The van der Waals surface area contributed by atoms with Crippen LogP contribution in [0.3, 0.4) is 0 Å². The second kappa shape index (κ2) is 59.2. The van der Waals surface area contributed by atoms with E-state index in [1.807, 2.05) is 0 Å². The van der Waals surface area contributed by atoms with Crippen molar-refractivity contribution in [3.8, 4) is 0 Å². The normalized spacial score (nSPS) is 12.7. The van der Waals surface area contributed by atoms with Crippen molar-refractivity contribution >= 4 is 17.9 Å². The fourth-order valence-corrected chi connectivity index (χ4v) is 8.39. The molecule has 0 amide bonds. The van der Waals surface area contributed by atoms with Gasteiger partial charge in [-0.05, 0) is 89.9 Å². The summed E-state index contributed by atoms with van der Waals surface area (Å²) in [6.45, 7) is 6.48. The number of hydrogen-bond donors (Lipinski definition) is 0. The zero-order valence-electron chi connectivity index (χ0n) is 46.7. The van der Waals surface area contributed by atoms with Gasteiger partial charge in [-0.15, -0.1) is 0 Å². The Labute approximate surface area is 439 Å². The molecule has 0 aliphatic heterocycles. The number of esters is 3. The average Bonchev–Trinajstić information content (AvgIpc) is 3.37. The molecule has 0 saturated carbocycles. The molecule has 6 nitrogen and oxygen atoms in total. The number of carbonyl (C=O) groups is 3. The Bertz CT molecular complexity index is 1370. The summed E-state index contributed by atoms with van der Waals surface area (Å²) < 4.78 is 16.8. The topological polar surface area (TPSA) is 78.9 Å². The highest BCUT2D eigenvalue weighted by molar-refractivity contribution is 5.71. The molecule has 0 aromatic rings. The Balaban J connectivity index is 4.44. The summed E-state index contributed by atoms with van der Waals surface area (Å²) in [6.07, 6.45) is 77.2. The van der Waals surface area contributed by atoms with Crippen molar-refractivity contribution in [2.24, 2.45) is 0 Å². The molecule has 0 heterocycles. The quantitative estimate of drug-likeness (QED) is 0.0261. The van der Waals surface area contributed by atoms with Gasteiger partial charge in [0.1, 0.15) is 13.2 Å². The summed E-state index contributed by atoms with van der Waals surface area (Å²) in [5.41, 5.74) is 0. The van der Waals surface area contributed by atoms with E-state index in [-0.39, 0.29) is 37.5 Å². The van der Waals surface area contributed by atoms with Gasteiger partial charge < -0.3 is 14.2 Å². The van der Waals surface area contributed by atoms with Crippen LogP contribution in [0.1, 0.15) is 290 Å². The molecule has 0 aromatic carbocycles. The first kappa shape index (κ1) is 67.6. The van der Waals surface area contributed by atoms with Crippen molar-refractivity contribution in [1.29, 1.82) is 0 Å². The summed E-state index contributed by atoms with van der Waals surface area (Å²) in [7, 11) is 0. The van der Waals surface area contributed by atoms with E-state index in [1.54, 1.807) is 0 Å². The van der Waals surface area contributed by atoms with Gasteiger partial charge in [0, 0.05) is 19.3 Å². The van der Waals surface area contributed by atoms with Gasteiger partial charge in [-0.2, -0.15) is 0 Å².